The summed E-state index contributed by atoms with van der Waals surface area (Å²) in [5, 5.41) is 2.90. The molecule has 1 saturated carbocycles. The summed E-state index contributed by atoms with van der Waals surface area (Å²) in [6.45, 7) is 5.28. The number of urea groups is 1. The van der Waals surface area contributed by atoms with E-state index in [0.29, 0.717) is 12.0 Å². The fraction of sp³-hybridized carbons (Fsp3) is 0.833. The van der Waals surface area contributed by atoms with Crippen molar-refractivity contribution in [3.05, 3.63) is 0 Å². The number of hydrogen-bond donors (Lipinski definition) is 1. The van der Waals surface area contributed by atoms with Crippen molar-refractivity contribution in [3.8, 4) is 0 Å². The molecule has 1 N–H and O–H groups in total. The van der Waals surface area contributed by atoms with E-state index in [1.807, 2.05) is 4.90 Å². The monoisotopic (exact) mass is 335 g/mol. The molecule has 24 heavy (non-hydrogen) atoms. The predicted octanol–water partition coefficient (Wildman–Crippen LogP) is 2.28. The summed E-state index contributed by atoms with van der Waals surface area (Å²) in [6.07, 6.45) is 6.85. The van der Waals surface area contributed by atoms with Crippen molar-refractivity contribution in [2.75, 3.05) is 13.1 Å². The van der Waals surface area contributed by atoms with Crippen LogP contribution in [0.15, 0.2) is 0 Å². The SMILES string of the molecule is CC(C)[C@H]1CCCN1C(=O)CCN1C(=O)NC2(CCCCC2)C1=O. The van der Waals surface area contributed by atoms with Crippen molar-refractivity contribution in [1.82, 2.24) is 15.1 Å². The number of amides is 4. The molecule has 134 valence electrons. The molecule has 1 spiro atoms. The molecule has 2 heterocycles. The first-order chi connectivity index (χ1) is 11.4. The topological polar surface area (TPSA) is 69.7 Å². The van der Waals surface area contributed by atoms with E-state index in [-0.39, 0.29) is 30.8 Å². The number of nitrogens with zero attached hydrogens (tertiary/aromatic N) is 2. The lowest BCUT2D eigenvalue weighted by atomic mass is 9.82. The van der Waals surface area contributed by atoms with Gasteiger partial charge in [-0.2, -0.15) is 0 Å². The number of rotatable bonds is 4. The van der Waals surface area contributed by atoms with Gasteiger partial charge in [-0.05, 0) is 31.6 Å². The first kappa shape index (κ1) is 17.2. The van der Waals surface area contributed by atoms with Gasteiger partial charge in [-0.15, -0.1) is 0 Å². The maximum absolute atomic E-state index is 12.7. The summed E-state index contributed by atoms with van der Waals surface area (Å²) in [4.78, 5) is 40.7. The third kappa shape index (κ3) is 3.03. The van der Waals surface area contributed by atoms with Crippen LogP contribution in [0.1, 0.15) is 65.2 Å². The lowest BCUT2D eigenvalue weighted by molar-refractivity contribution is -0.135. The second kappa shape index (κ2) is 6.73. The van der Waals surface area contributed by atoms with Crippen LogP contribution < -0.4 is 5.32 Å². The first-order valence-corrected chi connectivity index (χ1v) is 9.38. The Kier molecular flexibility index (Phi) is 4.83. The highest BCUT2D eigenvalue weighted by Crippen LogP contribution is 2.33. The van der Waals surface area contributed by atoms with Crippen LogP contribution in [-0.4, -0.2) is 52.3 Å². The van der Waals surface area contributed by atoms with Gasteiger partial charge in [0.05, 0.1) is 0 Å². The molecule has 0 aromatic heterocycles. The van der Waals surface area contributed by atoms with Crippen LogP contribution in [0.3, 0.4) is 0 Å². The van der Waals surface area contributed by atoms with Crippen molar-refractivity contribution in [2.45, 2.75) is 76.8 Å². The summed E-state index contributed by atoms with van der Waals surface area (Å²) < 4.78 is 0. The Morgan fingerprint density at radius 1 is 1.21 bits per heavy atom. The van der Waals surface area contributed by atoms with Crippen LogP contribution in [-0.2, 0) is 9.59 Å². The number of imide groups is 1. The molecule has 4 amide bonds. The third-order valence-electron chi connectivity index (χ3n) is 5.89. The van der Waals surface area contributed by atoms with E-state index in [0.717, 1.165) is 51.5 Å². The second-order valence-electron chi connectivity index (χ2n) is 7.82. The molecule has 2 saturated heterocycles. The average Bonchev–Trinajstić information content (AvgIpc) is 3.12. The maximum Gasteiger partial charge on any atom is 0.325 e. The second-order valence-corrected chi connectivity index (χ2v) is 7.82. The van der Waals surface area contributed by atoms with Crippen LogP contribution in [0, 0.1) is 5.92 Å². The first-order valence-electron chi connectivity index (χ1n) is 9.38. The minimum atomic E-state index is -0.688. The summed E-state index contributed by atoms with van der Waals surface area (Å²) in [7, 11) is 0. The highest BCUT2D eigenvalue weighted by Gasteiger charge is 2.51. The molecule has 0 bridgehead atoms. The van der Waals surface area contributed by atoms with Gasteiger partial charge in [0, 0.05) is 25.6 Å². The van der Waals surface area contributed by atoms with E-state index in [9.17, 15) is 14.4 Å². The van der Waals surface area contributed by atoms with Gasteiger partial charge in [-0.3, -0.25) is 14.5 Å². The molecule has 0 radical (unpaired) electrons. The minimum absolute atomic E-state index is 0.0661. The number of carbonyl (C=O) groups is 3. The highest BCUT2D eigenvalue weighted by atomic mass is 16.2. The van der Waals surface area contributed by atoms with Gasteiger partial charge in [0.2, 0.25) is 5.91 Å². The molecule has 6 heteroatoms. The van der Waals surface area contributed by atoms with Crippen LogP contribution in [0.25, 0.3) is 0 Å². The zero-order valence-electron chi connectivity index (χ0n) is 14.8. The largest absolute Gasteiger partial charge is 0.339 e. The third-order valence-corrected chi connectivity index (χ3v) is 5.89. The molecule has 3 fully saturated rings. The summed E-state index contributed by atoms with van der Waals surface area (Å²) >= 11 is 0. The van der Waals surface area contributed by atoms with Gasteiger partial charge in [0.25, 0.3) is 5.91 Å². The van der Waals surface area contributed by atoms with E-state index in [1.165, 1.54) is 4.90 Å². The van der Waals surface area contributed by atoms with Gasteiger partial charge in [-0.1, -0.05) is 33.1 Å². The Morgan fingerprint density at radius 3 is 2.58 bits per heavy atom. The van der Waals surface area contributed by atoms with Gasteiger partial charge in [0.15, 0.2) is 0 Å². The van der Waals surface area contributed by atoms with Crippen molar-refractivity contribution in [3.63, 3.8) is 0 Å². The molecule has 0 unspecified atom stereocenters. The normalized spacial score (nSPS) is 26.5. The van der Waals surface area contributed by atoms with E-state index in [2.05, 4.69) is 19.2 Å². The number of likely N-dealkylation sites (tertiary alicyclic amines) is 1. The molecule has 1 aliphatic carbocycles. The van der Waals surface area contributed by atoms with E-state index in [1.54, 1.807) is 0 Å². The van der Waals surface area contributed by atoms with E-state index in [4.69, 9.17) is 0 Å². The Morgan fingerprint density at radius 2 is 1.92 bits per heavy atom. The molecule has 1 atom stereocenters. The predicted molar refractivity (Wildman–Crippen MR) is 90.3 cm³/mol. The average molecular weight is 335 g/mol. The zero-order valence-corrected chi connectivity index (χ0v) is 14.8. The summed E-state index contributed by atoms with van der Waals surface area (Å²) in [5.41, 5.74) is -0.688. The van der Waals surface area contributed by atoms with Gasteiger partial charge >= 0.3 is 6.03 Å². The lowest BCUT2D eigenvalue weighted by Crippen LogP contribution is -2.48. The lowest BCUT2D eigenvalue weighted by Gasteiger charge is -2.30. The molecular formula is C18H29N3O3. The Bertz CT molecular complexity index is 526. The Labute approximate surface area is 143 Å². The van der Waals surface area contributed by atoms with Crippen LogP contribution in [0.4, 0.5) is 4.79 Å². The fourth-order valence-electron chi connectivity index (χ4n) is 4.52. The van der Waals surface area contributed by atoms with Gasteiger partial charge in [0.1, 0.15) is 5.54 Å². The summed E-state index contributed by atoms with van der Waals surface area (Å²) in [6, 6.07) is -0.0261. The number of hydrogen-bond acceptors (Lipinski definition) is 3. The fourth-order valence-corrected chi connectivity index (χ4v) is 4.52. The van der Waals surface area contributed by atoms with Crippen LogP contribution in [0.5, 0.6) is 0 Å². The molecule has 6 nitrogen and oxygen atoms in total. The molecular weight excluding hydrogens is 306 g/mol. The minimum Gasteiger partial charge on any atom is -0.339 e. The van der Waals surface area contributed by atoms with Crippen LogP contribution >= 0.6 is 0 Å². The van der Waals surface area contributed by atoms with Crippen LogP contribution in [0.2, 0.25) is 0 Å². The quantitative estimate of drug-likeness (QED) is 0.801. The van der Waals surface area contributed by atoms with Crippen molar-refractivity contribution in [2.24, 2.45) is 5.92 Å². The molecule has 3 aliphatic rings. The van der Waals surface area contributed by atoms with E-state index >= 15 is 0 Å². The van der Waals surface area contributed by atoms with Gasteiger partial charge in [-0.25, -0.2) is 4.79 Å². The highest BCUT2D eigenvalue weighted by molar-refractivity contribution is 6.07. The molecule has 3 rings (SSSR count). The standard InChI is InChI=1S/C18H29N3O3/c1-13(2)14-7-6-11-20(14)15(22)8-12-21-16(23)18(19-17(21)24)9-4-3-5-10-18/h13-14H,3-12H2,1-2H3,(H,19,24)/t14-/m1/s1. The van der Waals surface area contributed by atoms with Crippen molar-refractivity contribution >= 4 is 17.8 Å². The van der Waals surface area contributed by atoms with Gasteiger partial charge < -0.3 is 10.2 Å². The smallest absolute Gasteiger partial charge is 0.325 e. The number of nitrogens with one attached hydrogen (secondary N) is 1. The Balaban J connectivity index is 1.59. The zero-order chi connectivity index (χ0) is 17.3. The molecule has 2 aliphatic heterocycles. The molecule has 0 aromatic rings. The van der Waals surface area contributed by atoms with E-state index < -0.39 is 5.54 Å². The maximum atomic E-state index is 12.7. The number of carbonyl (C=O) groups excluding carboxylic acids is 3. The van der Waals surface area contributed by atoms with Crippen molar-refractivity contribution in [1.29, 1.82) is 0 Å². The summed E-state index contributed by atoms with van der Waals surface area (Å²) in [5.74, 6) is 0.386. The Hall–Kier alpha value is -1.59. The van der Waals surface area contributed by atoms with Crippen molar-refractivity contribution < 1.29 is 14.4 Å². The molecule has 0 aromatic carbocycles.